The molecule has 180 valence electrons. The number of aromatic nitrogens is 3. The molecule has 8 nitrogen and oxygen atoms in total. The van der Waals surface area contributed by atoms with Gasteiger partial charge in [0.25, 0.3) is 5.91 Å². The van der Waals surface area contributed by atoms with Crippen molar-refractivity contribution < 1.29 is 32.2 Å². The number of carbonyl (C=O) groups excluding carboxylic acids is 2. The molecule has 35 heavy (non-hydrogen) atoms. The molecule has 0 radical (unpaired) electrons. The number of hydrogen-bond acceptors (Lipinski definition) is 6. The van der Waals surface area contributed by atoms with Gasteiger partial charge in [-0.1, -0.05) is 30.3 Å². The van der Waals surface area contributed by atoms with Crippen LogP contribution in [-0.2, 0) is 16.6 Å². The molecule has 4 rings (SSSR count). The fraction of sp³-hybridized carbons (Fsp3) is 0.167. The molecule has 0 unspecified atom stereocenters. The van der Waals surface area contributed by atoms with Gasteiger partial charge in [-0.15, -0.1) is 13.2 Å². The predicted molar refractivity (Wildman–Crippen MR) is 121 cm³/mol. The third kappa shape index (κ3) is 5.57. The summed E-state index contributed by atoms with van der Waals surface area (Å²) in [5.41, 5.74) is 2.81. The van der Waals surface area contributed by atoms with Crippen molar-refractivity contribution in [3.63, 3.8) is 0 Å². The molecule has 0 aliphatic heterocycles. The zero-order chi connectivity index (χ0) is 25.2. The Hall–Kier alpha value is -4.41. The highest BCUT2D eigenvalue weighted by atomic mass is 19.4. The maximum absolute atomic E-state index is 12.9. The third-order valence-corrected chi connectivity index (χ3v) is 4.96. The fourth-order valence-corrected chi connectivity index (χ4v) is 3.51. The topological polar surface area (TPSA) is 95.3 Å². The van der Waals surface area contributed by atoms with Crippen LogP contribution in [0, 0.1) is 6.92 Å². The van der Waals surface area contributed by atoms with Crippen LogP contribution in [0.2, 0.25) is 0 Å². The van der Waals surface area contributed by atoms with Crippen molar-refractivity contribution in [3.8, 4) is 17.0 Å². The molecule has 2 heterocycles. The van der Waals surface area contributed by atoms with E-state index in [1.807, 2.05) is 30.3 Å². The molecule has 11 heteroatoms. The van der Waals surface area contributed by atoms with Gasteiger partial charge in [0.1, 0.15) is 5.75 Å². The van der Waals surface area contributed by atoms with Crippen LogP contribution in [-0.4, -0.2) is 39.6 Å². The molecule has 0 fully saturated rings. The van der Waals surface area contributed by atoms with Crippen LogP contribution < -0.4 is 10.1 Å². The molecule has 0 atom stereocenters. The first-order valence-electron chi connectivity index (χ1n) is 10.3. The van der Waals surface area contributed by atoms with Crippen molar-refractivity contribution in [2.24, 2.45) is 7.05 Å². The van der Waals surface area contributed by atoms with Crippen molar-refractivity contribution in [2.75, 3.05) is 11.9 Å². The lowest BCUT2D eigenvalue weighted by atomic mass is 10.1. The summed E-state index contributed by atoms with van der Waals surface area (Å²) >= 11 is 0. The number of amides is 1. The van der Waals surface area contributed by atoms with Gasteiger partial charge < -0.3 is 14.8 Å². The number of nitrogens with one attached hydrogen (secondary N) is 1. The van der Waals surface area contributed by atoms with Crippen molar-refractivity contribution in [2.45, 2.75) is 13.3 Å². The van der Waals surface area contributed by atoms with Crippen LogP contribution in [0.5, 0.6) is 5.75 Å². The molecule has 0 aliphatic rings. The normalized spacial score (nSPS) is 11.3. The number of ether oxygens (including phenoxy) is 2. The second-order valence-corrected chi connectivity index (χ2v) is 7.53. The Balaban J connectivity index is 1.49. The highest BCUT2D eigenvalue weighted by molar-refractivity contribution is 6.05. The molecule has 1 amide bonds. The van der Waals surface area contributed by atoms with Gasteiger partial charge >= 0.3 is 12.3 Å². The second kappa shape index (κ2) is 9.45. The highest BCUT2D eigenvalue weighted by Gasteiger charge is 2.31. The zero-order valence-corrected chi connectivity index (χ0v) is 18.6. The number of carbonyl (C=O) groups is 2. The molecule has 0 saturated carbocycles. The Kier molecular flexibility index (Phi) is 6.41. The summed E-state index contributed by atoms with van der Waals surface area (Å²) in [7, 11) is 1.71. The van der Waals surface area contributed by atoms with Crippen molar-refractivity contribution in [3.05, 3.63) is 71.9 Å². The van der Waals surface area contributed by atoms with E-state index in [1.54, 1.807) is 24.7 Å². The lowest BCUT2D eigenvalue weighted by molar-refractivity contribution is -0.274. The van der Waals surface area contributed by atoms with Gasteiger partial charge in [-0.2, -0.15) is 5.10 Å². The number of hydrogen-bond donors (Lipinski definition) is 1. The van der Waals surface area contributed by atoms with E-state index in [4.69, 9.17) is 4.74 Å². The van der Waals surface area contributed by atoms with E-state index in [1.165, 1.54) is 12.1 Å². The van der Waals surface area contributed by atoms with Gasteiger partial charge in [-0.3, -0.25) is 9.48 Å². The van der Waals surface area contributed by atoms with Gasteiger partial charge in [0.05, 0.1) is 22.3 Å². The summed E-state index contributed by atoms with van der Waals surface area (Å²) in [5, 5.41) is 7.29. The fourth-order valence-electron chi connectivity index (χ4n) is 3.51. The quantitative estimate of drug-likeness (QED) is 0.401. The minimum Gasteiger partial charge on any atom is -0.452 e. The van der Waals surface area contributed by atoms with Crippen molar-refractivity contribution >= 4 is 28.6 Å². The molecular formula is C24H19F3N4O4. The smallest absolute Gasteiger partial charge is 0.452 e. The Morgan fingerprint density at radius 2 is 1.74 bits per heavy atom. The molecular weight excluding hydrogens is 465 g/mol. The monoisotopic (exact) mass is 484 g/mol. The third-order valence-electron chi connectivity index (χ3n) is 4.96. The lowest BCUT2D eigenvalue weighted by Crippen LogP contribution is -2.21. The first kappa shape index (κ1) is 23.7. The summed E-state index contributed by atoms with van der Waals surface area (Å²) in [6.45, 7) is 1.13. The van der Waals surface area contributed by atoms with E-state index in [-0.39, 0.29) is 11.3 Å². The number of halogens is 3. The number of esters is 1. The number of rotatable bonds is 6. The number of aryl methyl sites for hydroxylation is 2. The van der Waals surface area contributed by atoms with E-state index in [9.17, 15) is 22.8 Å². The molecule has 4 aromatic rings. The molecule has 2 aromatic carbocycles. The van der Waals surface area contributed by atoms with E-state index in [0.29, 0.717) is 22.4 Å². The van der Waals surface area contributed by atoms with Gasteiger partial charge in [0.15, 0.2) is 12.3 Å². The molecule has 0 aliphatic carbocycles. The predicted octanol–water partition coefficient (Wildman–Crippen LogP) is 4.64. The number of fused-ring (bicyclic) bond motifs is 1. The first-order valence-corrected chi connectivity index (χ1v) is 10.3. The van der Waals surface area contributed by atoms with Gasteiger partial charge in [0, 0.05) is 18.3 Å². The van der Waals surface area contributed by atoms with Crippen LogP contribution in [0.25, 0.3) is 22.3 Å². The van der Waals surface area contributed by atoms with Crippen LogP contribution in [0.15, 0.2) is 60.7 Å². The van der Waals surface area contributed by atoms with Gasteiger partial charge in [0.2, 0.25) is 0 Å². The van der Waals surface area contributed by atoms with Crippen molar-refractivity contribution in [1.29, 1.82) is 0 Å². The number of alkyl halides is 3. The minimum absolute atomic E-state index is 0.209. The standard InChI is InChI=1S/C24H19F3N4O4/c1-14-21-18(12-19(15-6-4-3-5-7-15)29-22(21)31(2)30-14)23(33)34-13-20(32)28-16-8-10-17(11-9-16)35-24(25,26)27/h3-12H,13H2,1-2H3,(H,28,32). The van der Waals surface area contributed by atoms with Crippen LogP contribution >= 0.6 is 0 Å². The van der Waals surface area contributed by atoms with Crippen LogP contribution in [0.3, 0.4) is 0 Å². The molecule has 0 saturated heterocycles. The SMILES string of the molecule is Cc1nn(C)c2nc(-c3ccccc3)cc(C(=O)OCC(=O)Nc3ccc(OC(F)(F)F)cc3)c12. The van der Waals surface area contributed by atoms with Gasteiger partial charge in [-0.25, -0.2) is 9.78 Å². The Morgan fingerprint density at radius 3 is 2.40 bits per heavy atom. The van der Waals surface area contributed by atoms with Crippen molar-refractivity contribution in [1.82, 2.24) is 14.8 Å². The summed E-state index contributed by atoms with van der Waals surface area (Å²) in [6, 6.07) is 15.4. The number of benzene rings is 2. The summed E-state index contributed by atoms with van der Waals surface area (Å²) in [6.07, 6.45) is -4.82. The molecule has 1 N–H and O–H groups in total. The lowest BCUT2D eigenvalue weighted by Gasteiger charge is -2.11. The van der Waals surface area contributed by atoms with Gasteiger partial charge in [-0.05, 0) is 37.3 Å². The molecule has 2 aromatic heterocycles. The zero-order valence-electron chi connectivity index (χ0n) is 18.6. The summed E-state index contributed by atoms with van der Waals surface area (Å²) in [4.78, 5) is 29.8. The average Bonchev–Trinajstić information content (AvgIpc) is 3.11. The average molecular weight is 484 g/mol. The highest BCUT2D eigenvalue weighted by Crippen LogP contribution is 2.27. The summed E-state index contributed by atoms with van der Waals surface area (Å²) in [5.74, 6) is -1.83. The van der Waals surface area contributed by atoms with E-state index in [2.05, 4.69) is 20.1 Å². The van der Waals surface area contributed by atoms with E-state index in [0.717, 1.165) is 17.7 Å². The Morgan fingerprint density at radius 1 is 1.06 bits per heavy atom. The number of pyridine rings is 1. The van der Waals surface area contributed by atoms with Crippen LogP contribution in [0.4, 0.5) is 18.9 Å². The largest absolute Gasteiger partial charge is 0.573 e. The van der Waals surface area contributed by atoms with E-state index >= 15 is 0 Å². The number of anilines is 1. The second-order valence-electron chi connectivity index (χ2n) is 7.53. The maximum atomic E-state index is 12.9. The van der Waals surface area contributed by atoms with Crippen LogP contribution in [0.1, 0.15) is 16.1 Å². The number of nitrogens with zero attached hydrogens (tertiary/aromatic N) is 3. The summed E-state index contributed by atoms with van der Waals surface area (Å²) < 4.78 is 47.4. The Labute approximate surface area is 197 Å². The Bertz CT molecular complexity index is 1380. The minimum atomic E-state index is -4.82. The maximum Gasteiger partial charge on any atom is 0.573 e. The molecule has 0 spiro atoms. The first-order chi connectivity index (χ1) is 16.6. The van der Waals surface area contributed by atoms with E-state index < -0.39 is 30.6 Å². The molecule has 0 bridgehead atoms.